The highest BCUT2D eigenvalue weighted by Crippen LogP contribution is 2.42. The number of aromatic nitrogens is 1. The fourth-order valence-corrected chi connectivity index (χ4v) is 5.81. The number of rotatable bonds is 4. The Labute approximate surface area is 186 Å². The Balaban J connectivity index is 1.79. The number of sulfonamides is 1. The number of thiazole rings is 1. The van der Waals surface area contributed by atoms with Gasteiger partial charge >= 0.3 is 0 Å². The molecule has 0 saturated carbocycles. The molecule has 0 bridgehead atoms. The van der Waals surface area contributed by atoms with Crippen LogP contribution in [0.3, 0.4) is 0 Å². The fraction of sp³-hybridized carbons (Fsp3) is 0.318. The molecule has 2 atom stereocenters. The Morgan fingerprint density at radius 3 is 2.13 bits per heavy atom. The number of nitrogens with two attached hydrogens (primary N) is 1. The van der Waals surface area contributed by atoms with Crippen molar-refractivity contribution in [3.8, 4) is 21.7 Å². The highest BCUT2D eigenvalue weighted by molar-refractivity contribution is 7.89. The fourth-order valence-electron chi connectivity index (χ4n) is 4.06. The lowest BCUT2D eigenvalue weighted by molar-refractivity contribution is 0.356. The van der Waals surface area contributed by atoms with Gasteiger partial charge in [-0.3, -0.25) is 0 Å². The van der Waals surface area contributed by atoms with Crippen LogP contribution in [0.2, 0.25) is 5.02 Å². The van der Waals surface area contributed by atoms with E-state index in [1.54, 1.807) is 35.6 Å². The molecule has 2 aromatic carbocycles. The molecule has 4 rings (SSSR count). The van der Waals surface area contributed by atoms with Crippen LogP contribution in [0.5, 0.6) is 0 Å². The first-order valence-electron chi connectivity index (χ1n) is 9.85. The van der Waals surface area contributed by atoms with Gasteiger partial charge in [0.05, 0.1) is 15.5 Å². The summed E-state index contributed by atoms with van der Waals surface area (Å²) in [6.45, 7) is 6.54. The minimum atomic E-state index is -3.73. The van der Waals surface area contributed by atoms with Crippen molar-refractivity contribution in [1.82, 2.24) is 4.98 Å². The predicted octanol–water partition coefficient (Wildman–Crippen LogP) is 5.26. The van der Waals surface area contributed by atoms with E-state index in [9.17, 15) is 8.42 Å². The average Bonchev–Trinajstić information content (AvgIpc) is 3.13. The quantitative estimate of drug-likeness (QED) is 0.574. The number of primary sulfonamides is 1. The number of anilines is 1. The average molecular weight is 462 g/mol. The maximum Gasteiger partial charge on any atom is 0.238 e. The van der Waals surface area contributed by atoms with E-state index >= 15 is 0 Å². The van der Waals surface area contributed by atoms with Crippen LogP contribution in [-0.2, 0) is 10.0 Å². The Morgan fingerprint density at radius 2 is 1.57 bits per heavy atom. The summed E-state index contributed by atoms with van der Waals surface area (Å²) in [6, 6.07) is 14.3. The van der Waals surface area contributed by atoms with Crippen LogP contribution >= 0.6 is 22.9 Å². The summed E-state index contributed by atoms with van der Waals surface area (Å²) in [5, 5.41) is 6.91. The summed E-state index contributed by atoms with van der Waals surface area (Å²) in [6.07, 6.45) is 1.23. The van der Waals surface area contributed by atoms with Crippen LogP contribution in [-0.4, -0.2) is 26.5 Å². The molecule has 158 valence electrons. The zero-order valence-electron chi connectivity index (χ0n) is 16.9. The molecule has 5 nitrogen and oxygen atoms in total. The van der Waals surface area contributed by atoms with E-state index in [2.05, 4.69) is 18.7 Å². The van der Waals surface area contributed by atoms with Crippen LogP contribution in [0.4, 0.5) is 5.13 Å². The van der Waals surface area contributed by atoms with E-state index < -0.39 is 10.0 Å². The minimum absolute atomic E-state index is 0.0997. The van der Waals surface area contributed by atoms with Crippen LogP contribution in [0.15, 0.2) is 53.4 Å². The van der Waals surface area contributed by atoms with Crippen molar-refractivity contribution >= 4 is 38.1 Å². The maximum absolute atomic E-state index is 11.6. The number of hydrogen-bond acceptors (Lipinski definition) is 5. The van der Waals surface area contributed by atoms with Gasteiger partial charge in [0.2, 0.25) is 10.0 Å². The normalized spacial score (nSPS) is 19.8. The monoisotopic (exact) mass is 461 g/mol. The summed E-state index contributed by atoms with van der Waals surface area (Å²) >= 11 is 7.72. The molecule has 1 fully saturated rings. The molecule has 1 aromatic heterocycles. The second-order valence-electron chi connectivity index (χ2n) is 8.10. The summed E-state index contributed by atoms with van der Waals surface area (Å²) in [7, 11) is -3.73. The van der Waals surface area contributed by atoms with Gasteiger partial charge < -0.3 is 4.90 Å². The predicted molar refractivity (Wildman–Crippen MR) is 125 cm³/mol. The van der Waals surface area contributed by atoms with Crippen molar-refractivity contribution in [2.45, 2.75) is 25.2 Å². The Kier molecular flexibility index (Phi) is 5.90. The molecule has 2 N–H and O–H groups in total. The lowest BCUT2D eigenvalue weighted by atomic mass is 9.92. The van der Waals surface area contributed by atoms with Crippen LogP contribution in [0, 0.1) is 11.8 Å². The molecule has 3 aromatic rings. The van der Waals surface area contributed by atoms with Crippen molar-refractivity contribution in [3.63, 3.8) is 0 Å². The first kappa shape index (κ1) is 21.3. The van der Waals surface area contributed by atoms with E-state index in [4.69, 9.17) is 21.7 Å². The van der Waals surface area contributed by atoms with Gasteiger partial charge in [-0.05, 0) is 48.1 Å². The van der Waals surface area contributed by atoms with E-state index in [1.165, 1.54) is 6.42 Å². The number of hydrogen-bond donors (Lipinski definition) is 1. The zero-order chi connectivity index (χ0) is 21.5. The molecule has 0 radical (unpaired) electrons. The first-order chi connectivity index (χ1) is 14.2. The van der Waals surface area contributed by atoms with Crippen molar-refractivity contribution in [2.24, 2.45) is 17.0 Å². The smallest absolute Gasteiger partial charge is 0.238 e. The largest absolute Gasteiger partial charge is 0.348 e. The molecule has 8 heteroatoms. The molecule has 0 amide bonds. The minimum Gasteiger partial charge on any atom is -0.348 e. The van der Waals surface area contributed by atoms with Crippen molar-refractivity contribution in [2.75, 3.05) is 18.0 Å². The third-order valence-corrected chi connectivity index (χ3v) is 7.66. The Morgan fingerprint density at radius 1 is 1.00 bits per heavy atom. The van der Waals surface area contributed by atoms with Crippen molar-refractivity contribution in [3.05, 3.63) is 53.6 Å². The molecule has 1 saturated heterocycles. The lowest BCUT2D eigenvalue weighted by Gasteiger charge is -2.34. The van der Waals surface area contributed by atoms with Gasteiger partial charge in [0.1, 0.15) is 0 Å². The topological polar surface area (TPSA) is 76.3 Å². The van der Waals surface area contributed by atoms with Crippen molar-refractivity contribution in [1.29, 1.82) is 0 Å². The SMILES string of the molecule is C[C@@H]1C[C@@H](C)CN(c2nc(-c3ccc(Cl)cc3)c(-c3ccc(S(N)(=O)=O)cc3)s2)C1. The number of nitrogens with zero attached hydrogens (tertiary/aromatic N) is 2. The van der Waals surface area contributed by atoms with Gasteiger partial charge in [-0.25, -0.2) is 18.5 Å². The molecular formula is C22H24ClN3O2S2. The van der Waals surface area contributed by atoms with E-state index in [0.717, 1.165) is 39.9 Å². The number of piperidine rings is 1. The van der Waals surface area contributed by atoms with Crippen LogP contribution in [0.1, 0.15) is 20.3 Å². The Bertz CT molecular complexity index is 1130. The standard InChI is InChI=1S/C22H24ClN3O2S2/c1-14-11-15(2)13-26(12-14)22-25-20(16-3-7-18(23)8-4-16)21(29-22)17-5-9-19(10-6-17)30(24,27)28/h3-10,14-15H,11-13H2,1-2H3,(H2,24,27,28)/t14-,15-/m1/s1. The van der Waals surface area contributed by atoms with E-state index in [0.29, 0.717) is 16.9 Å². The van der Waals surface area contributed by atoms with Crippen molar-refractivity contribution < 1.29 is 8.42 Å². The molecular weight excluding hydrogens is 438 g/mol. The maximum atomic E-state index is 11.6. The molecule has 2 heterocycles. The Hall–Kier alpha value is -1.93. The van der Waals surface area contributed by atoms with E-state index in [1.807, 2.05) is 24.3 Å². The molecule has 0 spiro atoms. The van der Waals surface area contributed by atoms with Gasteiger partial charge in [0.25, 0.3) is 0 Å². The van der Waals surface area contributed by atoms with Crippen LogP contribution in [0.25, 0.3) is 21.7 Å². The summed E-state index contributed by atoms with van der Waals surface area (Å²) in [5.74, 6) is 1.24. The summed E-state index contributed by atoms with van der Waals surface area (Å²) in [4.78, 5) is 8.47. The molecule has 0 unspecified atom stereocenters. The molecule has 1 aliphatic rings. The lowest BCUT2D eigenvalue weighted by Crippen LogP contribution is -2.38. The molecule has 0 aliphatic carbocycles. The third-order valence-electron chi connectivity index (χ3n) is 5.32. The zero-order valence-corrected chi connectivity index (χ0v) is 19.3. The second-order valence-corrected chi connectivity index (χ2v) is 11.1. The summed E-state index contributed by atoms with van der Waals surface area (Å²) < 4.78 is 23.2. The van der Waals surface area contributed by atoms with Gasteiger partial charge in [0.15, 0.2) is 5.13 Å². The van der Waals surface area contributed by atoms with Gasteiger partial charge in [0, 0.05) is 23.7 Å². The highest BCUT2D eigenvalue weighted by Gasteiger charge is 2.26. The third kappa shape index (κ3) is 4.54. The number of halogens is 1. The molecule has 30 heavy (non-hydrogen) atoms. The van der Waals surface area contributed by atoms with E-state index in [-0.39, 0.29) is 4.90 Å². The summed E-state index contributed by atoms with van der Waals surface area (Å²) in [5.41, 5.74) is 2.76. The number of benzene rings is 2. The van der Waals surface area contributed by atoms with Gasteiger partial charge in [-0.15, -0.1) is 0 Å². The highest BCUT2D eigenvalue weighted by atomic mass is 35.5. The van der Waals surface area contributed by atoms with Crippen LogP contribution < -0.4 is 10.0 Å². The first-order valence-corrected chi connectivity index (χ1v) is 12.6. The molecule has 1 aliphatic heterocycles. The second kappa shape index (κ2) is 8.30. The van der Waals surface area contributed by atoms with Gasteiger partial charge in [-0.1, -0.05) is 61.1 Å². The van der Waals surface area contributed by atoms with Gasteiger partial charge in [-0.2, -0.15) is 0 Å².